The van der Waals surface area contributed by atoms with Gasteiger partial charge in [-0.1, -0.05) is 36.8 Å². The number of hydrogen-bond acceptors (Lipinski definition) is 4. The molecular weight excluding hydrogens is 316 g/mol. The number of carbonyl (C=O) groups is 1. The van der Waals surface area contributed by atoms with Crippen molar-refractivity contribution in [1.29, 1.82) is 0 Å². The first-order valence-corrected chi connectivity index (χ1v) is 8.61. The number of nitrogens with zero attached hydrogens (tertiary/aromatic N) is 1. The molecule has 0 bridgehead atoms. The highest BCUT2D eigenvalue weighted by atomic mass is 16.6. The Balaban J connectivity index is 1.52. The molecule has 1 N–H and O–H groups in total. The average molecular weight is 340 g/mol. The summed E-state index contributed by atoms with van der Waals surface area (Å²) in [4.78, 5) is 14.3. The zero-order valence-corrected chi connectivity index (χ0v) is 14.7. The summed E-state index contributed by atoms with van der Waals surface area (Å²) in [5.41, 5.74) is 1.99. The van der Waals surface area contributed by atoms with Gasteiger partial charge in [-0.25, -0.2) is 0 Å². The topological polar surface area (TPSA) is 50.8 Å². The third kappa shape index (κ3) is 4.73. The molecule has 0 fully saturated rings. The van der Waals surface area contributed by atoms with E-state index in [4.69, 9.17) is 9.47 Å². The smallest absolute Gasteiger partial charge is 0.238 e. The lowest BCUT2D eigenvalue weighted by atomic mass is 10.2. The van der Waals surface area contributed by atoms with Gasteiger partial charge in [0, 0.05) is 12.2 Å². The highest BCUT2D eigenvalue weighted by Gasteiger charge is 2.23. The van der Waals surface area contributed by atoms with Gasteiger partial charge in [0.25, 0.3) is 0 Å². The van der Waals surface area contributed by atoms with Crippen LogP contribution in [0.5, 0.6) is 11.5 Å². The van der Waals surface area contributed by atoms with Crippen molar-refractivity contribution in [2.24, 2.45) is 0 Å². The van der Waals surface area contributed by atoms with Crippen LogP contribution < -0.4 is 14.8 Å². The van der Waals surface area contributed by atoms with Crippen molar-refractivity contribution < 1.29 is 14.3 Å². The van der Waals surface area contributed by atoms with Gasteiger partial charge in [-0.3, -0.25) is 9.69 Å². The Bertz CT molecular complexity index is 715. The fourth-order valence-corrected chi connectivity index (χ4v) is 2.79. The molecule has 1 aliphatic rings. The molecule has 0 aromatic heterocycles. The molecule has 1 aliphatic heterocycles. The van der Waals surface area contributed by atoms with Crippen molar-refractivity contribution in [3.63, 3.8) is 0 Å². The van der Waals surface area contributed by atoms with Crippen LogP contribution in [0.4, 0.5) is 5.69 Å². The maximum Gasteiger partial charge on any atom is 0.238 e. The SMILES string of the molecule is CCN(CC(=O)Nc1ccc(C)cc1)CC1COc2ccccc2O1. The van der Waals surface area contributed by atoms with Crippen molar-refractivity contribution in [3.8, 4) is 11.5 Å². The second kappa shape index (κ2) is 8.03. The van der Waals surface area contributed by atoms with Crippen molar-refractivity contribution >= 4 is 11.6 Å². The first kappa shape index (κ1) is 17.3. The van der Waals surface area contributed by atoms with Gasteiger partial charge >= 0.3 is 0 Å². The molecule has 2 aromatic carbocycles. The molecule has 1 amide bonds. The molecule has 132 valence electrons. The highest BCUT2D eigenvalue weighted by molar-refractivity contribution is 5.92. The molecule has 5 nitrogen and oxygen atoms in total. The predicted octanol–water partition coefficient (Wildman–Crippen LogP) is 3.10. The molecular formula is C20H24N2O3. The summed E-state index contributed by atoms with van der Waals surface area (Å²) in [7, 11) is 0. The van der Waals surface area contributed by atoms with E-state index in [2.05, 4.69) is 10.2 Å². The molecule has 0 saturated heterocycles. The molecule has 3 rings (SSSR count). The summed E-state index contributed by atoms with van der Waals surface area (Å²) in [6.45, 7) is 6.29. The molecule has 0 spiro atoms. The fourth-order valence-electron chi connectivity index (χ4n) is 2.79. The number of carbonyl (C=O) groups excluding carboxylic acids is 1. The number of fused-ring (bicyclic) bond motifs is 1. The zero-order chi connectivity index (χ0) is 17.6. The second-order valence-electron chi connectivity index (χ2n) is 6.24. The van der Waals surface area contributed by atoms with Crippen LogP contribution in [0.2, 0.25) is 0 Å². The first-order valence-electron chi connectivity index (χ1n) is 8.61. The van der Waals surface area contributed by atoms with Crippen molar-refractivity contribution in [1.82, 2.24) is 4.90 Å². The average Bonchev–Trinajstić information content (AvgIpc) is 2.63. The van der Waals surface area contributed by atoms with Crippen molar-refractivity contribution in [3.05, 3.63) is 54.1 Å². The van der Waals surface area contributed by atoms with Gasteiger partial charge in [0.2, 0.25) is 5.91 Å². The minimum atomic E-state index is -0.0815. The number of benzene rings is 2. The van der Waals surface area contributed by atoms with E-state index in [0.717, 1.165) is 23.7 Å². The Kier molecular flexibility index (Phi) is 5.56. The second-order valence-corrected chi connectivity index (χ2v) is 6.24. The van der Waals surface area contributed by atoms with Gasteiger partial charge in [-0.05, 0) is 37.7 Å². The third-order valence-corrected chi connectivity index (χ3v) is 4.18. The van der Waals surface area contributed by atoms with Gasteiger partial charge in [0.1, 0.15) is 12.7 Å². The Morgan fingerprint density at radius 3 is 2.60 bits per heavy atom. The minimum Gasteiger partial charge on any atom is -0.486 e. The minimum absolute atomic E-state index is 0.0252. The van der Waals surface area contributed by atoms with Gasteiger partial charge in [-0.15, -0.1) is 0 Å². The molecule has 1 unspecified atom stereocenters. The van der Waals surface area contributed by atoms with E-state index >= 15 is 0 Å². The molecule has 2 aromatic rings. The Labute approximate surface area is 148 Å². The van der Waals surface area contributed by atoms with E-state index < -0.39 is 0 Å². The van der Waals surface area contributed by atoms with E-state index in [0.29, 0.717) is 19.7 Å². The van der Waals surface area contributed by atoms with Crippen LogP contribution in [-0.4, -0.2) is 43.2 Å². The summed E-state index contributed by atoms with van der Waals surface area (Å²) in [6.07, 6.45) is -0.0815. The van der Waals surface area contributed by atoms with Crippen LogP contribution in [0.15, 0.2) is 48.5 Å². The molecule has 1 heterocycles. The van der Waals surface area contributed by atoms with E-state index in [9.17, 15) is 4.79 Å². The normalized spacial score (nSPS) is 15.9. The molecule has 0 saturated carbocycles. The molecule has 25 heavy (non-hydrogen) atoms. The molecule has 1 atom stereocenters. The van der Waals surface area contributed by atoms with Gasteiger partial charge in [0.15, 0.2) is 11.5 Å². The van der Waals surface area contributed by atoms with Crippen LogP contribution in [-0.2, 0) is 4.79 Å². The van der Waals surface area contributed by atoms with Crippen LogP contribution in [0.3, 0.4) is 0 Å². The van der Waals surface area contributed by atoms with E-state index in [1.54, 1.807) is 0 Å². The summed E-state index contributed by atoms with van der Waals surface area (Å²) in [5.74, 6) is 1.51. The number of likely N-dealkylation sites (N-methyl/N-ethyl adjacent to an activating group) is 1. The summed E-state index contributed by atoms with van der Waals surface area (Å²) in [5, 5.41) is 2.93. The summed E-state index contributed by atoms with van der Waals surface area (Å²) < 4.78 is 11.7. The standard InChI is InChI=1S/C20H24N2O3/c1-3-22(13-20(23)21-16-10-8-15(2)9-11-16)12-17-14-24-18-6-4-5-7-19(18)25-17/h4-11,17H,3,12-14H2,1-2H3,(H,21,23). The number of para-hydroxylation sites is 2. The number of hydrogen-bond donors (Lipinski definition) is 1. The van der Waals surface area contributed by atoms with Crippen LogP contribution in [0, 0.1) is 6.92 Å². The highest BCUT2D eigenvalue weighted by Crippen LogP contribution is 2.30. The molecule has 0 radical (unpaired) electrons. The van der Waals surface area contributed by atoms with Gasteiger partial charge in [-0.2, -0.15) is 0 Å². The lowest BCUT2D eigenvalue weighted by Gasteiger charge is -2.30. The van der Waals surface area contributed by atoms with Crippen LogP contribution >= 0.6 is 0 Å². The Hall–Kier alpha value is -2.53. The maximum atomic E-state index is 12.3. The number of nitrogens with one attached hydrogen (secondary N) is 1. The Morgan fingerprint density at radius 2 is 1.88 bits per heavy atom. The van der Waals surface area contributed by atoms with Crippen molar-refractivity contribution in [2.75, 3.05) is 31.6 Å². The van der Waals surface area contributed by atoms with Crippen molar-refractivity contribution in [2.45, 2.75) is 20.0 Å². The zero-order valence-electron chi connectivity index (χ0n) is 14.7. The molecule has 0 aliphatic carbocycles. The summed E-state index contributed by atoms with van der Waals surface area (Å²) in [6, 6.07) is 15.5. The largest absolute Gasteiger partial charge is 0.486 e. The number of rotatable bonds is 6. The quantitative estimate of drug-likeness (QED) is 0.878. The van der Waals surface area contributed by atoms with E-state index in [-0.39, 0.29) is 12.0 Å². The number of ether oxygens (including phenoxy) is 2. The molecule has 5 heteroatoms. The predicted molar refractivity (Wildman–Crippen MR) is 98.3 cm³/mol. The number of aryl methyl sites for hydroxylation is 1. The number of anilines is 1. The summed E-state index contributed by atoms with van der Waals surface area (Å²) >= 11 is 0. The fraction of sp³-hybridized carbons (Fsp3) is 0.350. The van der Waals surface area contributed by atoms with E-state index in [1.165, 1.54) is 5.56 Å². The first-order chi connectivity index (χ1) is 12.1. The van der Waals surface area contributed by atoms with Gasteiger partial charge in [0.05, 0.1) is 6.54 Å². The monoisotopic (exact) mass is 340 g/mol. The van der Waals surface area contributed by atoms with Crippen LogP contribution in [0.1, 0.15) is 12.5 Å². The Morgan fingerprint density at radius 1 is 1.16 bits per heavy atom. The van der Waals surface area contributed by atoms with Gasteiger partial charge < -0.3 is 14.8 Å². The lowest BCUT2D eigenvalue weighted by molar-refractivity contribution is -0.117. The van der Waals surface area contributed by atoms with Crippen LogP contribution in [0.25, 0.3) is 0 Å². The van der Waals surface area contributed by atoms with E-state index in [1.807, 2.05) is 62.4 Å². The lowest BCUT2D eigenvalue weighted by Crippen LogP contribution is -2.43. The third-order valence-electron chi connectivity index (χ3n) is 4.18. The maximum absolute atomic E-state index is 12.3. The number of amides is 1.